The summed E-state index contributed by atoms with van der Waals surface area (Å²) < 4.78 is 0. The molecule has 0 aliphatic rings. The molecule has 21 heavy (non-hydrogen) atoms. The molecule has 2 aromatic heterocycles. The molecule has 0 unspecified atom stereocenters. The van der Waals surface area contributed by atoms with Crippen LogP contribution < -0.4 is 0 Å². The van der Waals surface area contributed by atoms with Crippen LogP contribution in [0.15, 0.2) is 31.1 Å². The first-order valence-electron chi connectivity index (χ1n) is 8.34. The highest BCUT2D eigenvalue weighted by Gasteiger charge is 1.95. The van der Waals surface area contributed by atoms with Crippen LogP contribution in [0.2, 0.25) is 0 Å². The van der Waals surface area contributed by atoms with Crippen molar-refractivity contribution in [2.24, 2.45) is 0 Å². The van der Waals surface area contributed by atoms with E-state index in [9.17, 15) is 0 Å². The van der Waals surface area contributed by atoms with Gasteiger partial charge in [0, 0.05) is 31.2 Å². The van der Waals surface area contributed by atoms with Gasteiger partial charge in [0.25, 0.3) is 0 Å². The Hall–Kier alpha value is -1.58. The van der Waals surface area contributed by atoms with Crippen molar-refractivity contribution in [3.05, 3.63) is 36.9 Å². The Balaban J connectivity index is 0.000000369. The summed E-state index contributed by atoms with van der Waals surface area (Å²) in [4.78, 5) is 13.8. The van der Waals surface area contributed by atoms with Crippen molar-refractivity contribution in [2.45, 2.75) is 71.1 Å². The number of nitrogens with zero attached hydrogens (tertiary/aromatic N) is 2. The van der Waals surface area contributed by atoms with E-state index in [1.54, 1.807) is 18.7 Å². The van der Waals surface area contributed by atoms with Gasteiger partial charge < -0.3 is 9.97 Å². The number of hydrogen-bond acceptors (Lipinski definition) is 2. The van der Waals surface area contributed by atoms with Crippen LogP contribution in [0.1, 0.15) is 70.5 Å². The number of aryl methyl sites for hydroxylation is 1. The van der Waals surface area contributed by atoms with Gasteiger partial charge in [-0.3, -0.25) is 0 Å². The van der Waals surface area contributed by atoms with E-state index < -0.39 is 0 Å². The molecule has 0 aromatic carbocycles. The average Bonchev–Trinajstić information content (AvgIpc) is 3.21. The van der Waals surface area contributed by atoms with Gasteiger partial charge in [-0.2, -0.15) is 0 Å². The van der Waals surface area contributed by atoms with Gasteiger partial charge in [0.05, 0.1) is 6.33 Å². The highest BCUT2D eigenvalue weighted by molar-refractivity contribution is 4.86. The number of imidazole rings is 2. The van der Waals surface area contributed by atoms with Crippen LogP contribution in [0.4, 0.5) is 0 Å². The van der Waals surface area contributed by atoms with Crippen molar-refractivity contribution in [2.75, 3.05) is 0 Å². The van der Waals surface area contributed by atoms with Crippen molar-refractivity contribution in [1.29, 1.82) is 0 Å². The minimum atomic E-state index is 1.11. The summed E-state index contributed by atoms with van der Waals surface area (Å²) in [6, 6.07) is 0. The summed E-state index contributed by atoms with van der Waals surface area (Å²) in [5.41, 5.74) is 0. The molecular formula is C17H30N4. The SMILES string of the molecule is CCCCCCCCCCCc1ncc[nH]1.c1c[nH]cn1. The van der Waals surface area contributed by atoms with E-state index in [2.05, 4.69) is 26.9 Å². The predicted molar refractivity (Wildman–Crippen MR) is 88.1 cm³/mol. The molecule has 0 aliphatic carbocycles. The fraction of sp³-hybridized carbons (Fsp3) is 0.647. The van der Waals surface area contributed by atoms with E-state index in [1.807, 2.05) is 12.4 Å². The Morgan fingerprint density at radius 1 is 0.857 bits per heavy atom. The molecule has 4 nitrogen and oxygen atoms in total. The molecule has 2 aromatic rings. The third kappa shape index (κ3) is 10.8. The lowest BCUT2D eigenvalue weighted by molar-refractivity contribution is 0.562. The molecule has 0 fully saturated rings. The van der Waals surface area contributed by atoms with Crippen molar-refractivity contribution < 1.29 is 0 Å². The molecule has 0 atom stereocenters. The molecule has 2 N–H and O–H groups in total. The van der Waals surface area contributed by atoms with Gasteiger partial charge in [-0.1, -0.05) is 58.3 Å². The quantitative estimate of drug-likeness (QED) is 0.612. The monoisotopic (exact) mass is 290 g/mol. The topological polar surface area (TPSA) is 57.4 Å². The number of unbranched alkanes of at least 4 members (excludes halogenated alkanes) is 8. The predicted octanol–water partition coefficient (Wildman–Crippen LogP) is 4.89. The third-order valence-corrected chi connectivity index (χ3v) is 3.48. The lowest BCUT2D eigenvalue weighted by atomic mass is 10.1. The van der Waals surface area contributed by atoms with Gasteiger partial charge in [0.15, 0.2) is 0 Å². The highest BCUT2D eigenvalue weighted by Crippen LogP contribution is 2.10. The van der Waals surface area contributed by atoms with Gasteiger partial charge in [0.2, 0.25) is 0 Å². The van der Waals surface area contributed by atoms with Crippen molar-refractivity contribution in [3.63, 3.8) is 0 Å². The zero-order valence-electron chi connectivity index (χ0n) is 13.4. The molecule has 4 heteroatoms. The second-order valence-electron chi connectivity index (χ2n) is 5.37. The lowest BCUT2D eigenvalue weighted by Gasteiger charge is -2.01. The Labute approximate surface area is 128 Å². The first-order chi connectivity index (χ1) is 10.4. The van der Waals surface area contributed by atoms with Crippen LogP contribution in [-0.4, -0.2) is 19.9 Å². The number of H-pyrrole nitrogens is 2. The molecule has 0 bridgehead atoms. The molecule has 0 radical (unpaired) electrons. The summed E-state index contributed by atoms with van der Waals surface area (Å²) in [6.45, 7) is 2.27. The summed E-state index contributed by atoms with van der Waals surface area (Å²) >= 11 is 0. The standard InChI is InChI=1S/C14H26N2.C3H4N2/c1-2-3-4-5-6-7-8-9-10-11-14-15-12-13-16-14;1-2-5-3-4-1/h12-13H,2-11H2,1H3,(H,15,16);1-3H,(H,4,5). The maximum atomic E-state index is 4.23. The van der Waals surface area contributed by atoms with E-state index in [-0.39, 0.29) is 0 Å². The first kappa shape index (κ1) is 17.5. The van der Waals surface area contributed by atoms with Crippen LogP contribution in [0.3, 0.4) is 0 Å². The largest absolute Gasteiger partial charge is 0.351 e. The van der Waals surface area contributed by atoms with Crippen molar-refractivity contribution in [3.8, 4) is 0 Å². The number of aromatic amines is 2. The van der Waals surface area contributed by atoms with E-state index in [0.29, 0.717) is 0 Å². The second kappa shape index (κ2) is 13.4. The Morgan fingerprint density at radius 3 is 2.05 bits per heavy atom. The summed E-state index contributed by atoms with van der Waals surface area (Å²) in [5, 5.41) is 0. The molecule has 0 spiro atoms. The fourth-order valence-electron chi connectivity index (χ4n) is 2.25. The molecule has 0 saturated heterocycles. The van der Waals surface area contributed by atoms with Crippen LogP contribution >= 0.6 is 0 Å². The summed E-state index contributed by atoms with van der Waals surface area (Å²) in [7, 11) is 0. The normalized spacial score (nSPS) is 10.1. The van der Waals surface area contributed by atoms with Gasteiger partial charge in [-0.05, 0) is 6.42 Å². The van der Waals surface area contributed by atoms with E-state index in [0.717, 1.165) is 12.2 Å². The molecule has 0 aliphatic heterocycles. The van der Waals surface area contributed by atoms with Gasteiger partial charge in [0.1, 0.15) is 5.82 Å². The van der Waals surface area contributed by atoms with Crippen molar-refractivity contribution in [1.82, 2.24) is 19.9 Å². The minimum Gasteiger partial charge on any atom is -0.351 e. The third-order valence-electron chi connectivity index (χ3n) is 3.48. The number of hydrogen-bond donors (Lipinski definition) is 2. The van der Waals surface area contributed by atoms with Gasteiger partial charge in [-0.25, -0.2) is 9.97 Å². The fourth-order valence-corrected chi connectivity index (χ4v) is 2.25. The number of nitrogens with one attached hydrogen (secondary N) is 2. The van der Waals surface area contributed by atoms with E-state index in [1.165, 1.54) is 57.8 Å². The Bertz CT molecular complexity index is 364. The molecule has 0 amide bonds. The smallest absolute Gasteiger partial charge is 0.105 e. The molecule has 118 valence electrons. The summed E-state index contributed by atoms with van der Waals surface area (Å²) in [5.74, 6) is 1.14. The van der Waals surface area contributed by atoms with Crippen LogP contribution in [0, 0.1) is 0 Å². The van der Waals surface area contributed by atoms with Crippen LogP contribution in [-0.2, 0) is 6.42 Å². The molecular weight excluding hydrogens is 260 g/mol. The van der Waals surface area contributed by atoms with Gasteiger partial charge in [-0.15, -0.1) is 0 Å². The van der Waals surface area contributed by atoms with E-state index in [4.69, 9.17) is 0 Å². The van der Waals surface area contributed by atoms with E-state index >= 15 is 0 Å². The highest BCUT2D eigenvalue weighted by atomic mass is 14.9. The average molecular weight is 290 g/mol. The molecule has 2 rings (SSSR count). The maximum absolute atomic E-state index is 4.23. The molecule has 2 heterocycles. The zero-order valence-corrected chi connectivity index (χ0v) is 13.4. The van der Waals surface area contributed by atoms with Crippen molar-refractivity contribution >= 4 is 0 Å². The Morgan fingerprint density at radius 2 is 1.57 bits per heavy atom. The minimum absolute atomic E-state index is 1.11. The van der Waals surface area contributed by atoms with Crippen LogP contribution in [0.5, 0.6) is 0 Å². The second-order valence-corrected chi connectivity index (χ2v) is 5.37. The first-order valence-corrected chi connectivity index (χ1v) is 8.34. The lowest BCUT2D eigenvalue weighted by Crippen LogP contribution is -1.88. The zero-order chi connectivity index (χ0) is 15.0. The van der Waals surface area contributed by atoms with Gasteiger partial charge >= 0.3 is 0 Å². The summed E-state index contributed by atoms with van der Waals surface area (Å²) in [6.07, 6.45) is 22.5. The molecule has 0 saturated carbocycles. The Kier molecular flexibility index (Phi) is 11.2. The maximum Gasteiger partial charge on any atom is 0.105 e. The number of aromatic nitrogens is 4. The van der Waals surface area contributed by atoms with Crippen LogP contribution in [0.25, 0.3) is 0 Å². The number of rotatable bonds is 10.